The zero-order chi connectivity index (χ0) is 8.74. The van der Waals surface area contributed by atoms with E-state index >= 15 is 0 Å². The highest BCUT2D eigenvalue weighted by atomic mass is 127. The van der Waals surface area contributed by atoms with E-state index in [2.05, 4.69) is 22.6 Å². The fourth-order valence-electron chi connectivity index (χ4n) is 0.733. The maximum atomic E-state index is 10.2. The molecule has 0 fully saturated rings. The lowest BCUT2D eigenvalue weighted by Gasteiger charge is -1.96. The molecule has 0 atom stereocenters. The molecule has 0 aromatic heterocycles. The number of hydrogen-bond donors (Lipinski definition) is 1. The average molecular weight is 292 g/mol. The topological polar surface area (TPSA) is 54.4 Å². The molecular weight excluding hydrogens is 279 g/mol. The second-order valence-corrected chi connectivity index (χ2v) is 5.04. The van der Waals surface area contributed by atoms with Gasteiger partial charge in [-0.25, -0.2) is 0 Å². The first kappa shape index (κ1) is 11.6. The van der Waals surface area contributed by atoms with Gasteiger partial charge in [0.25, 0.3) is 10.1 Å². The van der Waals surface area contributed by atoms with E-state index < -0.39 is 10.1 Å². The highest BCUT2D eigenvalue weighted by Gasteiger charge is 2.02. The standard InChI is InChI=1S/C6H13IO3S/c7-5-3-1-2-4-6-11(8,9)10/h1-6H2,(H,8,9,10). The van der Waals surface area contributed by atoms with E-state index in [-0.39, 0.29) is 5.75 Å². The predicted octanol–water partition coefficient (Wildman–Crippen LogP) is 1.87. The highest BCUT2D eigenvalue weighted by Crippen LogP contribution is 2.03. The van der Waals surface area contributed by atoms with Crippen molar-refractivity contribution < 1.29 is 13.0 Å². The number of hydrogen-bond acceptors (Lipinski definition) is 2. The van der Waals surface area contributed by atoms with Crippen LogP contribution in [-0.4, -0.2) is 23.2 Å². The molecular formula is C6H13IO3S. The molecule has 0 spiro atoms. The zero-order valence-corrected chi connectivity index (χ0v) is 9.27. The van der Waals surface area contributed by atoms with Gasteiger partial charge in [-0.15, -0.1) is 0 Å². The molecule has 0 aromatic carbocycles. The SMILES string of the molecule is O=S(=O)(O)CCCCCCI. The molecule has 0 rings (SSSR count). The molecule has 5 heteroatoms. The Labute approximate surface area is 81.5 Å². The Kier molecular flexibility index (Phi) is 6.55. The highest BCUT2D eigenvalue weighted by molar-refractivity contribution is 14.1. The summed E-state index contributed by atoms with van der Waals surface area (Å²) in [5.41, 5.74) is 0. The first-order valence-corrected chi connectivity index (χ1v) is 6.71. The second kappa shape index (κ2) is 6.19. The van der Waals surface area contributed by atoms with Crippen molar-refractivity contribution in [3.05, 3.63) is 0 Å². The van der Waals surface area contributed by atoms with Gasteiger partial charge >= 0.3 is 0 Å². The van der Waals surface area contributed by atoms with E-state index in [9.17, 15) is 8.42 Å². The Balaban J connectivity index is 3.16. The Morgan fingerprint density at radius 1 is 1.09 bits per heavy atom. The molecule has 0 bridgehead atoms. The third kappa shape index (κ3) is 10.6. The van der Waals surface area contributed by atoms with Gasteiger partial charge in [-0.1, -0.05) is 35.4 Å². The third-order valence-electron chi connectivity index (χ3n) is 1.29. The lowest BCUT2D eigenvalue weighted by molar-refractivity contribution is 0.479. The molecule has 0 amide bonds. The van der Waals surface area contributed by atoms with E-state index in [1.807, 2.05) is 0 Å². The molecule has 0 aliphatic heterocycles. The minimum absolute atomic E-state index is 0.0890. The van der Waals surface area contributed by atoms with Gasteiger partial charge in [0, 0.05) is 0 Å². The van der Waals surface area contributed by atoms with Gasteiger partial charge in [0.15, 0.2) is 0 Å². The van der Waals surface area contributed by atoms with Crippen molar-refractivity contribution in [2.45, 2.75) is 25.7 Å². The summed E-state index contributed by atoms with van der Waals surface area (Å²) in [6, 6.07) is 0. The van der Waals surface area contributed by atoms with Crippen molar-refractivity contribution in [3.63, 3.8) is 0 Å². The molecule has 68 valence electrons. The molecule has 0 aliphatic carbocycles. The van der Waals surface area contributed by atoms with Crippen LogP contribution >= 0.6 is 22.6 Å². The second-order valence-electron chi connectivity index (χ2n) is 2.39. The number of unbranched alkanes of at least 4 members (excludes halogenated alkanes) is 3. The average Bonchev–Trinajstić information content (AvgIpc) is 1.85. The van der Waals surface area contributed by atoms with Gasteiger partial charge in [-0.2, -0.15) is 8.42 Å². The Hall–Kier alpha value is 0.640. The maximum Gasteiger partial charge on any atom is 0.264 e. The van der Waals surface area contributed by atoms with Crippen LogP contribution in [0.2, 0.25) is 0 Å². The van der Waals surface area contributed by atoms with Gasteiger partial charge < -0.3 is 0 Å². The smallest absolute Gasteiger partial charge is 0.264 e. The van der Waals surface area contributed by atoms with Crippen LogP contribution in [0.4, 0.5) is 0 Å². The minimum Gasteiger partial charge on any atom is -0.286 e. The molecule has 3 nitrogen and oxygen atoms in total. The van der Waals surface area contributed by atoms with E-state index in [0.717, 1.165) is 23.7 Å². The zero-order valence-electron chi connectivity index (χ0n) is 6.29. The number of halogens is 1. The minimum atomic E-state index is -3.71. The van der Waals surface area contributed by atoms with Crippen LogP contribution < -0.4 is 0 Å². The van der Waals surface area contributed by atoms with E-state index in [4.69, 9.17) is 4.55 Å². The van der Waals surface area contributed by atoms with Crippen LogP contribution in [-0.2, 0) is 10.1 Å². The van der Waals surface area contributed by atoms with Crippen LogP contribution in [0, 0.1) is 0 Å². The largest absolute Gasteiger partial charge is 0.286 e. The monoisotopic (exact) mass is 292 g/mol. The van der Waals surface area contributed by atoms with Gasteiger partial charge in [-0.3, -0.25) is 4.55 Å². The summed E-state index contributed by atoms with van der Waals surface area (Å²) in [6.07, 6.45) is 3.66. The fraction of sp³-hybridized carbons (Fsp3) is 1.00. The normalized spacial score (nSPS) is 11.8. The van der Waals surface area contributed by atoms with Crippen LogP contribution in [0.1, 0.15) is 25.7 Å². The van der Waals surface area contributed by atoms with Crippen molar-refractivity contribution >= 4 is 32.7 Å². The van der Waals surface area contributed by atoms with E-state index in [0.29, 0.717) is 6.42 Å². The van der Waals surface area contributed by atoms with Crippen molar-refractivity contribution in [2.24, 2.45) is 0 Å². The quantitative estimate of drug-likeness (QED) is 0.352. The summed E-state index contributed by atoms with van der Waals surface area (Å²) in [6.45, 7) is 0. The first-order valence-electron chi connectivity index (χ1n) is 3.57. The van der Waals surface area contributed by atoms with Crippen molar-refractivity contribution in [1.29, 1.82) is 0 Å². The van der Waals surface area contributed by atoms with Crippen molar-refractivity contribution in [3.8, 4) is 0 Å². The number of rotatable bonds is 6. The van der Waals surface area contributed by atoms with Gasteiger partial charge in [0.1, 0.15) is 0 Å². The van der Waals surface area contributed by atoms with Gasteiger partial charge in [0.05, 0.1) is 5.75 Å². The van der Waals surface area contributed by atoms with Crippen LogP contribution in [0.3, 0.4) is 0 Å². The van der Waals surface area contributed by atoms with E-state index in [1.165, 1.54) is 0 Å². The molecule has 11 heavy (non-hydrogen) atoms. The summed E-state index contributed by atoms with van der Waals surface area (Å²) in [5, 5.41) is 0. The summed E-state index contributed by atoms with van der Waals surface area (Å²) in [4.78, 5) is 0. The fourth-order valence-corrected chi connectivity index (χ4v) is 1.84. The molecule has 0 aliphatic rings. The van der Waals surface area contributed by atoms with Crippen LogP contribution in [0.15, 0.2) is 0 Å². The summed E-state index contributed by atoms with van der Waals surface area (Å²) in [5.74, 6) is -0.0890. The molecule has 0 unspecified atom stereocenters. The van der Waals surface area contributed by atoms with Crippen molar-refractivity contribution in [2.75, 3.05) is 10.2 Å². The summed E-state index contributed by atoms with van der Waals surface area (Å²) in [7, 11) is -3.71. The number of alkyl halides is 1. The summed E-state index contributed by atoms with van der Waals surface area (Å²) < 4.78 is 29.9. The van der Waals surface area contributed by atoms with Crippen LogP contribution in [0.5, 0.6) is 0 Å². The Morgan fingerprint density at radius 3 is 2.09 bits per heavy atom. The van der Waals surface area contributed by atoms with Crippen molar-refractivity contribution in [1.82, 2.24) is 0 Å². The maximum absolute atomic E-state index is 10.2. The molecule has 0 saturated carbocycles. The molecule has 1 N–H and O–H groups in total. The third-order valence-corrected chi connectivity index (χ3v) is 2.85. The van der Waals surface area contributed by atoms with Crippen LogP contribution in [0.25, 0.3) is 0 Å². The lowest BCUT2D eigenvalue weighted by Crippen LogP contribution is -2.03. The Bertz CT molecular complexity index is 176. The van der Waals surface area contributed by atoms with Gasteiger partial charge in [-0.05, 0) is 17.3 Å². The van der Waals surface area contributed by atoms with Gasteiger partial charge in [0.2, 0.25) is 0 Å². The van der Waals surface area contributed by atoms with E-state index in [1.54, 1.807) is 0 Å². The summed E-state index contributed by atoms with van der Waals surface area (Å²) >= 11 is 2.29. The molecule has 0 saturated heterocycles. The lowest BCUT2D eigenvalue weighted by atomic mass is 10.2. The Morgan fingerprint density at radius 2 is 1.64 bits per heavy atom. The molecule has 0 heterocycles. The molecule has 0 aromatic rings. The molecule has 0 radical (unpaired) electrons. The first-order chi connectivity index (χ1) is 5.06. The predicted molar refractivity (Wildman–Crippen MR) is 53.8 cm³/mol.